The minimum Gasteiger partial charge on any atom is -0.310 e. The standard InChI is InChI=1S/C9H14N4O4S2/c1-12(6-3-2-4-6)19(16,17)8-5-7(13(14)15)9(11-10)18-8/h5-6,11H,2-4,10H2,1H3. The van der Waals surface area contributed by atoms with Crippen molar-refractivity contribution in [2.24, 2.45) is 5.84 Å². The lowest BCUT2D eigenvalue weighted by Gasteiger charge is -2.33. The Morgan fingerprint density at radius 1 is 1.58 bits per heavy atom. The molecule has 1 aromatic heterocycles. The Morgan fingerprint density at radius 3 is 2.58 bits per heavy atom. The topological polar surface area (TPSA) is 119 Å². The van der Waals surface area contributed by atoms with Crippen LogP contribution in [0, 0.1) is 10.1 Å². The van der Waals surface area contributed by atoms with Crippen LogP contribution < -0.4 is 11.3 Å². The molecule has 8 nitrogen and oxygen atoms in total. The number of nitro groups is 1. The molecular formula is C9H14N4O4S2. The van der Waals surface area contributed by atoms with E-state index in [0.29, 0.717) is 0 Å². The molecule has 19 heavy (non-hydrogen) atoms. The van der Waals surface area contributed by atoms with Crippen LogP contribution in [0.5, 0.6) is 0 Å². The molecule has 1 aromatic rings. The van der Waals surface area contributed by atoms with Crippen molar-refractivity contribution in [3.63, 3.8) is 0 Å². The van der Waals surface area contributed by atoms with Gasteiger partial charge in [-0.1, -0.05) is 17.8 Å². The van der Waals surface area contributed by atoms with E-state index in [4.69, 9.17) is 5.84 Å². The monoisotopic (exact) mass is 306 g/mol. The van der Waals surface area contributed by atoms with Crippen LogP contribution in [0.3, 0.4) is 0 Å². The summed E-state index contributed by atoms with van der Waals surface area (Å²) in [6.45, 7) is 0. The molecule has 1 aliphatic rings. The molecule has 0 radical (unpaired) electrons. The fraction of sp³-hybridized carbons (Fsp3) is 0.556. The van der Waals surface area contributed by atoms with Gasteiger partial charge in [0.2, 0.25) is 0 Å². The predicted molar refractivity (Wildman–Crippen MR) is 71.4 cm³/mol. The van der Waals surface area contributed by atoms with Crippen LogP contribution in [0.15, 0.2) is 10.3 Å². The fourth-order valence-corrected chi connectivity index (χ4v) is 4.65. The zero-order chi connectivity index (χ0) is 14.2. The summed E-state index contributed by atoms with van der Waals surface area (Å²) < 4.78 is 25.8. The number of hydrazine groups is 1. The van der Waals surface area contributed by atoms with E-state index in [1.165, 1.54) is 11.4 Å². The molecule has 1 aliphatic carbocycles. The van der Waals surface area contributed by atoms with Gasteiger partial charge in [-0.05, 0) is 12.8 Å². The highest BCUT2D eigenvalue weighted by Crippen LogP contribution is 2.38. The summed E-state index contributed by atoms with van der Waals surface area (Å²) in [6.07, 6.45) is 2.65. The van der Waals surface area contributed by atoms with Crippen LogP contribution in [-0.4, -0.2) is 30.7 Å². The fourth-order valence-electron chi connectivity index (χ4n) is 1.81. The van der Waals surface area contributed by atoms with Gasteiger partial charge >= 0.3 is 5.69 Å². The third kappa shape index (κ3) is 2.43. The minimum absolute atomic E-state index is 0.0135. The Labute approximate surface area is 114 Å². The van der Waals surface area contributed by atoms with Gasteiger partial charge in [-0.15, -0.1) is 0 Å². The van der Waals surface area contributed by atoms with Gasteiger partial charge in [-0.3, -0.25) is 10.1 Å². The molecule has 0 saturated heterocycles. The third-order valence-electron chi connectivity index (χ3n) is 3.24. The molecule has 0 amide bonds. The molecule has 106 valence electrons. The molecule has 0 spiro atoms. The number of nitrogens with one attached hydrogen (secondary N) is 1. The number of thiophene rings is 1. The second kappa shape index (κ2) is 5.04. The van der Waals surface area contributed by atoms with Crippen molar-refractivity contribution in [3.05, 3.63) is 16.2 Å². The highest BCUT2D eigenvalue weighted by atomic mass is 32.2. The van der Waals surface area contributed by atoms with Crippen LogP contribution in [0.2, 0.25) is 0 Å². The van der Waals surface area contributed by atoms with Gasteiger partial charge in [0.25, 0.3) is 10.0 Å². The molecule has 1 heterocycles. The van der Waals surface area contributed by atoms with Crippen molar-refractivity contribution >= 4 is 32.0 Å². The van der Waals surface area contributed by atoms with Crippen molar-refractivity contribution in [1.29, 1.82) is 0 Å². The zero-order valence-electron chi connectivity index (χ0n) is 10.2. The Morgan fingerprint density at radius 2 is 2.21 bits per heavy atom. The Kier molecular flexibility index (Phi) is 3.76. The van der Waals surface area contributed by atoms with Gasteiger partial charge in [-0.25, -0.2) is 14.3 Å². The molecule has 1 saturated carbocycles. The van der Waals surface area contributed by atoms with Gasteiger partial charge in [0.1, 0.15) is 4.21 Å². The number of nitrogens with zero attached hydrogens (tertiary/aromatic N) is 2. The first-order valence-corrected chi connectivity index (χ1v) is 7.86. The first kappa shape index (κ1) is 14.2. The Balaban J connectivity index is 2.37. The van der Waals surface area contributed by atoms with Gasteiger partial charge in [0.15, 0.2) is 5.00 Å². The number of nitrogen functional groups attached to an aromatic ring is 1. The van der Waals surface area contributed by atoms with E-state index in [2.05, 4.69) is 5.43 Å². The summed E-state index contributed by atoms with van der Waals surface area (Å²) in [5.74, 6) is 5.17. The van der Waals surface area contributed by atoms with Crippen molar-refractivity contribution in [3.8, 4) is 0 Å². The lowest BCUT2D eigenvalue weighted by atomic mass is 9.94. The minimum atomic E-state index is -3.69. The van der Waals surface area contributed by atoms with E-state index in [1.54, 1.807) is 0 Å². The van der Waals surface area contributed by atoms with Crippen LogP contribution in [-0.2, 0) is 10.0 Å². The second-order valence-electron chi connectivity index (χ2n) is 4.29. The summed E-state index contributed by atoms with van der Waals surface area (Å²) in [5, 5.41) is 10.8. The van der Waals surface area contributed by atoms with Crippen LogP contribution in [0.1, 0.15) is 19.3 Å². The van der Waals surface area contributed by atoms with Crippen LogP contribution in [0.4, 0.5) is 10.7 Å². The normalized spacial score (nSPS) is 16.4. The molecule has 1 fully saturated rings. The van der Waals surface area contributed by atoms with Crippen molar-refractivity contribution in [1.82, 2.24) is 4.31 Å². The van der Waals surface area contributed by atoms with Crippen LogP contribution >= 0.6 is 11.3 Å². The maximum absolute atomic E-state index is 12.3. The maximum atomic E-state index is 12.3. The van der Waals surface area contributed by atoms with Crippen molar-refractivity contribution in [2.45, 2.75) is 29.5 Å². The van der Waals surface area contributed by atoms with Gasteiger partial charge in [0, 0.05) is 19.2 Å². The molecule has 2 rings (SSSR count). The second-order valence-corrected chi connectivity index (χ2v) is 7.56. The number of anilines is 1. The van der Waals surface area contributed by atoms with Crippen LogP contribution in [0.25, 0.3) is 0 Å². The molecular weight excluding hydrogens is 292 g/mol. The van der Waals surface area contributed by atoms with E-state index in [1.807, 2.05) is 0 Å². The molecule has 0 aromatic carbocycles. The number of nitrogens with two attached hydrogens (primary N) is 1. The van der Waals surface area contributed by atoms with Crippen molar-refractivity contribution < 1.29 is 13.3 Å². The summed E-state index contributed by atoms with van der Waals surface area (Å²) in [4.78, 5) is 10.1. The number of rotatable bonds is 5. The summed E-state index contributed by atoms with van der Waals surface area (Å²) in [7, 11) is -2.19. The van der Waals surface area contributed by atoms with Gasteiger partial charge < -0.3 is 5.43 Å². The number of hydrogen-bond donors (Lipinski definition) is 2. The number of hydrogen-bond acceptors (Lipinski definition) is 7. The SMILES string of the molecule is CN(C1CCC1)S(=O)(=O)c1cc([N+](=O)[O-])c(NN)s1. The summed E-state index contributed by atoms with van der Waals surface area (Å²) in [6, 6.07) is 1.03. The third-order valence-corrected chi connectivity index (χ3v) is 6.65. The molecule has 0 unspecified atom stereocenters. The van der Waals surface area contributed by atoms with Gasteiger partial charge in [0.05, 0.1) is 4.92 Å². The highest BCUT2D eigenvalue weighted by molar-refractivity contribution is 7.91. The first-order valence-electron chi connectivity index (χ1n) is 5.60. The van der Waals surface area contributed by atoms with Crippen molar-refractivity contribution in [2.75, 3.05) is 12.5 Å². The Bertz CT molecular complexity index is 593. The van der Waals surface area contributed by atoms with E-state index < -0.39 is 14.9 Å². The Hall–Kier alpha value is -1.23. The molecule has 0 atom stereocenters. The molecule has 0 bridgehead atoms. The summed E-state index contributed by atoms with van der Waals surface area (Å²) in [5.41, 5.74) is 1.83. The average molecular weight is 306 g/mol. The first-order chi connectivity index (χ1) is 8.87. The highest BCUT2D eigenvalue weighted by Gasteiger charge is 2.34. The molecule has 0 aliphatic heterocycles. The largest absolute Gasteiger partial charge is 0.310 e. The predicted octanol–water partition coefficient (Wildman–Crippen LogP) is 1.11. The number of sulfonamides is 1. The zero-order valence-corrected chi connectivity index (χ0v) is 11.8. The molecule has 3 N–H and O–H groups in total. The summed E-state index contributed by atoms with van der Waals surface area (Å²) >= 11 is 0.768. The smallest absolute Gasteiger partial charge is 0.306 e. The van der Waals surface area contributed by atoms with E-state index in [-0.39, 0.29) is 20.9 Å². The van der Waals surface area contributed by atoms with E-state index in [0.717, 1.165) is 36.7 Å². The van der Waals surface area contributed by atoms with E-state index in [9.17, 15) is 18.5 Å². The lowest BCUT2D eigenvalue weighted by Crippen LogP contribution is -2.40. The lowest BCUT2D eigenvalue weighted by molar-refractivity contribution is -0.383. The average Bonchev–Trinajstić information content (AvgIpc) is 2.71. The maximum Gasteiger partial charge on any atom is 0.306 e. The molecule has 10 heteroatoms. The quantitative estimate of drug-likeness (QED) is 0.478. The van der Waals surface area contributed by atoms with Gasteiger partial charge in [-0.2, -0.15) is 4.31 Å². The van der Waals surface area contributed by atoms with E-state index >= 15 is 0 Å².